The number of unbranched alkanes of at least 4 members (excludes halogenated alkanes) is 27. The number of hydrogen-bond acceptors (Lipinski definition) is 4. The van der Waals surface area contributed by atoms with Crippen molar-refractivity contribution in [1.29, 1.82) is 0 Å². The SMILES string of the molecule is CCCCCCCCCCCCCCCCCCCCC(=O)NC(CO)C(O)C(O)CCCCCCCCCCCCC. The maximum Gasteiger partial charge on any atom is 0.220 e. The van der Waals surface area contributed by atoms with Gasteiger partial charge in [-0.25, -0.2) is 0 Å². The van der Waals surface area contributed by atoms with Crippen LogP contribution in [0.4, 0.5) is 0 Å². The van der Waals surface area contributed by atoms with Gasteiger partial charge in [0.25, 0.3) is 0 Å². The third kappa shape index (κ3) is 29.8. The maximum atomic E-state index is 12.4. The Morgan fingerprint density at radius 2 is 0.791 bits per heavy atom. The summed E-state index contributed by atoms with van der Waals surface area (Å²) in [6.07, 6.45) is 36.2. The van der Waals surface area contributed by atoms with Crippen molar-refractivity contribution in [2.45, 2.75) is 231 Å². The Morgan fingerprint density at radius 3 is 1.12 bits per heavy atom. The minimum atomic E-state index is -1.13. The molecule has 0 rings (SSSR count). The zero-order chi connectivity index (χ0) is 31.6. The molecule has 3 unspecified atom stereocenters. The summed E-state index contributed by atoms with van der Waals surface area (Å²) >= 11 is 0. The second-order valence-electron chi connectivity index (χ2n) is 13.5. The Hall–Kier alpha value is -0.650. The molecule has 5 heteroatoms. The average Bonchev–Trinajstić information content (AvgIpc) is 3.01. The van der Waals surface area contributed by atoms with E-state index in [0.717, 1.165) is 38.5 Å². The van der Waals surface area contributed by atoms with E-state index in [0.29, 0.717) is 12.8 Å². The summed E-state index contributed by atoms with van der Waals surface area (Å²) in [6, 6.07) is -0.800. The van der Waals surface area contributed by atoms with Crippen LogP contribution in [0.3, 0.4) is 0 Å². The van der Waals surface area contributed by atoms with E-state index in [4.69, 9.17) is 0 Å². The molecule has 4 N–H and O–H groups in total. The van der Waals surface area contributed by atoms with E-state index >= 15 is 0 Å². The molecule has 3 atom stereocenters. The normalized spacial score (nSPS) is 13.7. The molecule has 0 saturated carbocycles. The van der Waals surface area contributed by atoms with Gasteiger partial charge in [0.2, 0.25) is 5.91 Å². The Morgan fingerprint density at radius 1 is 0.488 bits per heavy atom. The Kier molecular flexibility index (Phi) is 33.7. The third-order valence-electron chi connectivity index (χ3n) is 9.21. The highest BCUT2D eigenvalue weighted by atomic mass is 16.3. The van der Waals surface area contributed by atoms with Crippen LogP contribution in [0.2, 0.25) is 0 Å². The van der Waals surface area contributed by atoms with Gasteiger partial charge in [0.05, 0.1) is 18.8 Å². The van der Waals surface area contributed by atoms with Gasteiger partial charge in [-0.1, -0.05) is 194 Å². The predicted octanol–water partition coefficient (Wildman–Crippen LogP) is 10.3. The van der Waals surface area contributed by atoms with Crippen molar-refractivity contribution < 1.29 is 20.1 Å². The van der Waals surface area contributed by atoms with Crippen LogP contribution in [-0.4, -0.2) is 46.1 Å². The summed E-state index contributed by atoms with van der Waals surface area (Å²) in [5.41, 5.74) is 0. The molecule has 43 heavy (non-hydrogen) atoms. The highest BCUT2D eigenvalue weighted by Crippen LogP contribution is 2.16. The van der Waals surface area contributed by atoms with Crippen LogP contribution in [0.25, 0.3) is 0 Å². The van der Waals surface area contributed by atoms with Gasteiger partial charge in [-0.3, -0.25) is 4.79 Å². The number of carbonyl (C=O) groups is 1. The van der Waals surface area contributed by atoms with Gasteiger partial charge in [-0.05, 0) is 12.8 Å². The lowest BCUT2D eigenvalue weighted by atomic mass is 9.99. The first-order valence-corrected chi connectivity index (χ1v) is 19.3. The molecular weight excluding hydrogens is 534 g/mol. The molecule has 1 amide bonds. The van der Waals surface area contributed by atoms with Crippen molar-refractivity contribution in [2.24, 2.45) is 0 Å². The maximum absolute atomic E-state index is 12.4. The van der Waals surface area contributed by atoms with Gasteiger partial charge >= 0.3 is 0 Å². The Bertz CT molecular complexity index is 558. The van der Waals surface area contributed by atoms with E-state index in [1.54, 1.807) is 0 Å². The van der Waals surface area contributed by atoms with Gasteiger partial charge in [-0.2, -0.15) is 0 Å². The number of hydrogen-bond donors (Lipinski definition) is 4. The lowest BCUT2D eigenvalue weighted by Gasteiger charge is -2.26. The van der Waals surface area contributed by atoms with Crippen molar-refractivity contribution in [3.63, 3.8) is 0 Å². The van der Waals surface area contributed by atoms with Crippen LogP contribution in [0.15, 0.2) is 0 Å². The zero-order valence-corrected chi connectivity index (χ0v) is 29.1. The van der Waals surface area contributed by atoms with Gasteiger partial charge in [0.1, 0.15) is 6.10 Å². The molecule has 0 aromatic heterocycles. The van der Waals surface area contributed by atoms with Crippen LogP contribution >= 0.6 is 0 Å². The molecule has 0 saturated heterocycles. The van der Waals surface area contributed by atoms with E-state index in [1.165, 1.54) is 148 Å². The average molecular weight is 612 g/mol. The standard InChI is InChI=1S/C38H77NO4/c1-3-5-7-9-11-13-15-16-17-18-19-20-21-23-25-27-29-31-33-37(42)39-35(34-40)38(43)36(41)32-30-28-26-24-22-14-12-10-8-6-4-2/h35-36,38,40-41,43H,3-34H2,1-2H3,(H,39,42). The van der Waals surface area contributed by atoms with Crippen molar-refractivity contribution in [3.8, 4) is 0 Å². The lowest BCUT2D eigenvalue weighted by Crippen LogP contribution is -2.50. The molecule has 0 aromatic rings. The Labute approximate surface area is 268 Å². The van der Waals surface area contributed by atoms with E-state index < -0.39 is 18.2 Å². The fourth-order valence-corrected chi connectivity index (χ4v) is 6.16. The molecule has 0 aromatic carbocycles. The number of rotatable bonds is 35. The monoisotopic (exact) mass is 612 g/mol. The summed E-state index contributed by atoms with van der Waals surface area (Å²) in [5.74, 6) is -0.142. The van der Waals surface area contributed by atoms with Gasteiger partial charge in [0, 0.05) is 6.42 Å². The number of aliphatic hydroxyl groups excluding tert-OH is 3. The Balaban J connectivity index is 3.61. The molecule has 0 aliphatic rings. The smallest absolute Gasteiger partial charge is 0.220 e. The molecule has 0 aliphatic heterocycles. The molecule has 258 valence electrons. The van der Waals surface area contributed by atoms with Crippen LogP contribution in [0.1, 0.15) is 213 Å². The van der Waals surface area contributed by atoms with Crippen molar-refractivity contribution in [3.05, 3.63) is 0 Å². The number of nitrogens with one attached hydrogen (secondary N) is 1. The van der Waals surface area contributed by atoms with Crippen molar-refractivity contribution in [2.75, 3.05) is 6.61 Å². The largest absolute Gasteiger partial charge is 0.394 e. The van der Waals surface area contributed by atoms with E-state index in [1.807, 2.05) is 0 Å². The molecule has 0 spiro atoms. The van der Waals surface area contributed by atoms with E-state index in [-0.39, 0.29) is 12.5 Å². The van der Waals surface area contributed by atoms with Crippen LogP contribution in [0.5, 0.6) is 0 Å². The minimum absolute atomic E-state index is 0.142. The van der Waals surface area contributed by atoms with Gasteiger partial charge in [-0.15, -0.1) is 0 Å². The molecule has 5 nitrogen and oxygen atoms in total. The third-order valence-corrected chi connectivity index (χ3v) is 9.21. The van der Waals surface area contributed by atoms with Crippen molar-refractivity contribution in [1.82, 2.24) is 5.32 Å². The van der Waals surface area contributed by atoms with Crippen LogP contribution in [0, 0.1) is 0 Å². The summed E-state index contributed by atoms with van der Waals surface area (Å²) in [5, 5.41) is 33.3. The molecule has 0 radical (unpaired) electrons. The molecule has 0 heterocycles. The van der Waals surface area contributed by atoms with Crippen LogP contribution < -0.4 is 5.32 Å². The van der Waals surface area contributed by atoms with Crippen molar-refractivity contribution >= 4 is 5.91 Å². The second-order valence-corrected chi connectivity index (χ2v) is 13.5. The second kappa shape index (κ2) is 34.2. The lowest BCUT2D eigenvalue weighted by molar-refractivity contribution is -0.124. The molecular formula is C38H77NO4. The fourth-order valence-electron chi connectivity index (χ4n) is 6.16. The van der Waals surface area contributed by atoms with Crippen LogP contribution in [-0.2, 0) is 4.79 Å². The van der Waals surface area contributed by atoms with Gasteiger partial charge < -0.3 is 20.6 Å². The number of carbonyl (C=O) groups excluding carboxylic acids is 1. The molecule has 0 fully saturated rings. The van der Waals surface area contributed by atoms with E-state index in [2.05, 4.69) is 19.2 Å². The fraction of sp³-hybridized carbons (Fsp3) is 0.974. The highest BCUT2D eigenvalue weighted by molar-refractivity contribution is 5.76. The molecule has 0 aliphatic carbocycles. The summed E-state index contributed by atoms with van der Waals surface area (Å²) in [4.78, 5) is 12.4. The number of amides is 1. The molecule has 0 bridgehead atoms. The number of aliphatic hydroxyl groups is 3. The minimum Gasteiger partial charge on any atom is -0.394 e. The topological polar surface area (TPSA) is 89.8 Å². The first kappa shape index (κ1) is 42.3. The van der Waals surface area contributed by atoms with Gasteiger partial charge in [0.15, 0.2) is 0 Å². The zero-order valence-electron chi connectivity index (χ0n) is 29.1. The highest BCUT2D eigenvalue weighted by Gasteiger charge is 2.26. The first-order valence-electron chi connectivity index (χ1n) is 19.3. The summed E-state index contributed by atoms with van der Waals surface area (Å²) < 4.78 is 0. The first-order chi connectivity index (χ1) is 21.1. The summed E-state index contributed by atoms with van der Waals surface area (Å²) in [6.45, 7) is 4.17. The summed E-state index contributed by atoms with van der Waals surface area (Å²) in [7, 11) is 0. The predicted molar refractivity (Wildman–Crippen MR) is 186 cm³/mol. The quantitative estimate of drug-likeness (QED) is 0.0537. The van der Waals surface area contributed by atoms with E-state index in [9.17, 15) is 20.1 Å².